The fourth-order valence-electron chi connectivity index (χ4n) is 2.20. The van der Waals surface area contributed by atoms with Crippen LogP contribution >= 0.6 is 11.8 Å². The van der Waals surface area contributed by atoms with Crippen LogP contribution in [0.15, 0.2) is 83.5 Å². The maximum Gasteiger partial charge on any atom is 0.113 e. The summed E-state index contributed by atoms with van der Waals surface area (Å²) >= 11 is 1.89. The third-order valence-electron chi connectivity index (χ3n) is 3.18. The molecule has 1 heterocycles. The molecule has 0 amide bonds. The summed E-state index contributed by atoms with van der Waals surface area (Å²) in [5, 5.41) is 0.336. The first-order chi connectivity index (χ1) is 9.93. The lowest BCUT2D eigenvalue weighted by atomic mass is 10.0. The van der Waals surface area contributed by atoms with Crippen molar-refractivity contribution in [1.82, 2.24) is 0 Å². The van der Waals surface area contributed by atoms with Crippen molar-refractivity contribution in [1.29, 1.82) is 0 Å². The van der Waals surface area contributed by atoms with Crippen molar-refractivity contribution in [2.45, 2.75) is 11.0 Å². The summed E-state index contributed by atoms with van der Waals surface area (Å²) < 4.78 is 5.43. The molecule has 20 heavy (non-hydrogen) atoms. The second-order valence-corrected chi connectivity index (χ2v) is 5.69. The van der Waals surface area contributed by atoms with Crippen LogP contribution in [0, 0.1) is 0 Å². The van der Waals surface area contributed by atoms with Crippen LogP contribution in [0.4, 0.5) is 0 Å². The highest BCUT2D eigenvalue weighted by Gasteiger charge is 2.14. The van der Waals surface area contributed by atoms with Gasteiger partial charge in [-0.2, -0.15) is 0 Å². The van der Waals surface area contributed by atoms with Crippen molar-refractivity contribution in [3.63, 3.8) is 0 Å². The molecule has 0 fully saturated rings. The van der Waals surface area contributed by atoms with Crippen molar-refractivity contribution < 1.29 is 4.42 Å². The minimum Gasteiger partial charge on any atom is -0.468 e. The number of rotatable bonds is 5. The third kappa shape index (κ3) is 3.14. The average molecular weight is 280 g/mol. The molecule has 3 aromatic rings. The van der Waals surface area contributed by atoms with Gasteiger partial charge in [0.1, 0.15) is 5.76 Å². The normalized spacial score (nSPS) is 10.8. The number of hydrogen-bond acceptors (Lipinski definition) is 2. The molecule has 0 aliphatic heterocycles. The van der Waals surface area contributed by atoms with Crippen LogP contribution in [0.25, 0.3) is 0 Å². The third-order valence-corrected chi connectivity index (χ3v) is 4.51. The van der Waals surface area contributed by atoms with Gasteiger partial charge in [-0.05, 0) is 23.3 Å². The SMILES string of the molecule is c1ccc(C(SCc2ccco2)c2ccccc2)cc1. The van der Waals surface area contributed by atoms with Crippen LogP contribution in [-0.4, -0.2) is 0 Å². The quantitative estimate of drug-likeness (QED) is 0.629. The molecule has 0 radical (unpaired) electrons. The first kappa shape index (κ1) is 13.1. The predicted molar refractivity (Wildman–Crippen MR) is 84.7 cm³/mol. The summed E-state index contributed by atoms with van der Waals surface area (Å²) in [6.07, 6.45) is 1.73. The Morgan fingerprint density at radius 2 is 1.35 bits per heavy atom. The molecule has 2 heteroatoms. The molecule has 1 aromatic heterocycles. The monoisotopic (exact) mass is 280 g/mol. The molecule has 0 bridgehead atoms. The number of benzene rings is 2. The van der Waals surface area contributed by atoms with Crippen LogP contribution in [-0.2, 0) is 5.75 Å². The highest BCUT2D eigenvalue weighted by Crippen LogP contribution is 2.37. The standard InChI is InChI=1S/C18H16OS/c1-3-8-15(9-4-1)18(16-10-5-2-6-11-16)20-14-17-12-7-13-19-17/h1-13,18H,14H2. The van der Waals surface area contributed by atoms with E-state index in [9.17, 15) is 0 Å². The van der Waals surface area contributed by atoms with Gasteiger partial charge in [0.05, 0.1) is 17.3 Å². The molecule has 0 N–H and O–H groups in total. The Morgan fingerprint density at radius 3 is 1.85 bits per heavy atom. The van der Waals surface area contributed by atoms with Crippen LogP contribution in [0.3, 0.4) is 0 Å². The molecular weight excluding hydrogens is 264 g/mol. The van der Waals surface area contributed by atoms with Crippen molar-refractivity contribution >= 4 is 11.8 Å². The van der Waals surface area contributed by atoms with Gasteiger partial charge < -0.3 is 4.42 Å². The van der Waals surface area contributed by atoms with E-state index >= 15 is 0 Å². The van der Waals surface area contributed by atoms with Gasteiger partial charge in [0.25, 0.3) is 0 Å². The predicted octanol–water partition coefficient (Wildman–Crippen LogP) is 5.30. The molecule has 100 valence electrons. The molecule has 2 aromatic carbocycles. The van der Waals surface area contributed by atoms with E-state index in [0.29, 0.717) is 5.25 Å². The first-order valence-corrected chi connectivity index (χ1v) is 7.72. The fourth-order valence-corrected chi connectivity index (χ4v) is 3.40. The first-order valence-electron chi connectivity index (χ1n) is 6.67. The van der Waals surface area contributed by atoms with Gasteiger partial charge >= 0.3 is 0 Å². The molecule has 0 saturated carbocycles. The molecule has 0 aliphatic rings. The van der Waals surface area contributed by atoms with E-state index in [1.54, 1.807) is 6.26 Å². The molecule has 3 rings (SSSR count). The molecule has 0 atom stereocenters. The summed E-state index contributed by atoms with van der Waals surface area (Å²) in [6.45, 7) is 0. The zero-order valence-corrected chi connectivity index (χ0v) is 11.9. The van der Waals surface area contributed by atoms with E-state index < -0.39 is 0 Å². The zero-order chi connectivity index (χ0) is 13.6. The van der Waals surface area contributed by atoms with E-state index in [-0.39, 0.29) is 0 Å². The van der Waals surface area contributed by atoms with Gasteiger partial charge in [0.15, 0.2) is 0 Å². The highest BCUT2D eigenvalue weighted by atomic mass is 32.2. The fraction of sp³-hybridized carbons (Fsp3) is 0.111. The number of furan rings is 1. The van der Waals surface area contributed by atoms with Gasteiger partial charge in [-0.3, -0.25) is 0 Å². The summed E-state index contributed by atoms with van der Waals surface area (Å²) in [7, 11) is 0. The lowest BCUT2D eigenvalue weighted by Crippen LogP contribution is -1.97. The Labute approximate surface area is 123 Å². The Hall–Kier alpha value is -1.93. The maximum atomic E-state index is 5.43. The summed E-state index contributed by atoms with van der Waals surface area (Å²) in [5.41, 5.74) is 2.66. The lowest BCUT2D eigenvalue weighted by Gasteiger charge is -2.17. The molecule has 1 nitrogen and oxygen atoms in total. The summed E-state index contributed by atoms with van der Waals surface area (Å²) in [5.74, 6) is 1.90. The topological polar surface area (TPSA) is 13.1 Å². The second kappa shape index (κ2) is 6.49. The molecule has 0 spiro atoms. The number of hydrogen-bond donors (Lipinski definition) is 0. The van der Waals surface area contributed by atoms with Gasteiger partial charge in [-0.1, -0.05) is 60.7 Å². The number of thioether (sulfide) groups is 1. The average Bonchev–Trinajstić information content (AvgIpc) is 3.03. The molecule has 0 unspecified atom stereocenters. The van der Waals surface area contributed by atoms with E-state index in [2.05, 4.69) is 60.7 Å². The Bertz CT molecular complexity index is 578. The van der Waals surface area contributed by atoms with Crippen molar-refractivity contribution in [2.75, 3.05) is 0 Å². The maximum absolute atomic E-state index is 5.43. The van der Waals surface area contributed by atoms with Crippen molar-refractivity contribution in [3.8, 4) is 0 Å². The molecular formula is C18H16OS. The lowest BCUT2D eigenvalue weighted by molar-refractivity contribution is 0.530. The molecule has 0 saturated heterocycles. The van der Waals surface area contributed by atoms with Gasteiger partial charge in [-0.15, -0.1) is 11.8 Å². The van der Waals surface area contributed by atoms with Crippen molar-refractivity contribution in [3.05, 3.63) is 95.9 Å². The Kier molecular flexibility index (Phi) is 4.24. The molecule has 0 aliphatic carbocycles. The second-order valence-electron chi connectivity index (χ2n) is 4.59. The van der Waals surface area contributed by atoms with Crippen LogP contribution in [0.2, 0.25) is 0 Å². The van der Waals surface area contributed by atoms with Crippen LogP contribution in [0.5, 0.6) is 0 Å². The van der Waals surface area contributed by atoms with Crippen LogP contribution in [0.1, 0.15) is 22.1 Å². The van der Waals surface area contributed by atoms with E-state index in [1.165, 1.54) is 11.1 Å². The van der Waals surface area contributed by atoms with E-state index in [1.807, 2.05) is 23.9 Å². The van der Waals surface area contributed by atoms with E-state index in [4.69, 9.17) is 4.42 Å². The zero-order valence-electron chi connectivity index (χ0n) is 11.1. The summed E-state index contributed by atoms with van der Waals surface area (Å²) in [4.78, 5) is 0. The van der Waals surface area contributed by atoms with Crippen LogP contribution < -0.4 is 0 Å². The Balaban J connectivity index is 1.84. The van der Waals surface area contributed by atoms with Gasteiger partial charge in [-0.25, -0.2) is 0 Å². The van der Waals surface area contributed by atoms with Gasteiger partial charge in [0, 0.05) is 0 Å². The highest BCUT2D eigenvalue weighted by molar-refractivity contribution is 7.98. The van der Waals surface area contributed by atoms with Gasteiger partial charge in [0.2, 0.25) is 0 Å². The minimum absolute atomic E-state index is 0.336. The Morgan fingerprint density at radius 1 is 0.750 bits per heavy atom. The minimum atomic E-state index is 0.336. The largest absolute Gasteiger partial charge is 0.468 e. The smallest absolute Gasteiger partial charge is 0.113 e. The van der Waals surface area contributed by atoms with Crippen molar-refractivity contribution in [2.24, 2.45) is 0 Å². The van der Waals surface area contributed by atoms with E-state index in [0.717, 1.165) is 11.5 Å². The summed E-state index contributed by atoms with van der Waals surface area (Å²) in [6, 6.07) is 25.2.